The van der Waals surface area contributed by atoms with Gasteiger partial charge < -0.3 is 29.8 Å². The number of nitrogens with one attached hydrogen (secondary N) is 2. The fraction of sp³-hybridized carbons (Fsp3) is 0.531. The molecule has 3 N–H and O–H groups in total. The van der Waals surface area contributed by atoms with E-state index in [4.69, 9.17) is 9.15 Å². The summed E-state index contributed by atoms with van der Waals surface area (Å²) >= 11 is 0. The van der Waals surface area contributed by atoms with Gasteiger partial charge in [0.05, 0.1) is 12.3 Å². The number of hydrogen-bond donors (Lipinski definition) is 3. The highest BCUT2D eigenvalue weighted by molar-refractivity contribution is 5.92. The average molecular weight is 604 g/mol. The van der Waals surface area contributed by atoms with E-state index in [0.717, 1.165) is 76.0 Å². The van der Waals surface area contributed by atoms with Crippen LogP contribution in [0, 0.1) is 12.8 Å². The number of anilines is 1. The molecule has 1 saturated heterocycles. The Bertz CT molecular complexity index is 1440. The number of β-amino-alcohol motifs (C(OH)–C–C–N with tert-alkyl or cyclic N) is 1. The maximum Gasteiger partial charge on any atom is 0.270 e. The van der Waals surface area contributed by atoms with Crippen molar-refractivity contribution in [2.24, 2.45) is 5.92 Å². The third-order valence-electron chi connectivity index (χ3n) is 9.05. The Hall–Kier alpha value is -4.03. The molecule has 1 aliphatic carbocycles. The third-order valence-corrected chi connectivity index (χ3v) is 9.05. The van der Waals surface area contributed by atoms with Crippen LogP contribution in [-0.2, 0) is 24.4 Å². The van der Waals surface area contributed by atoms with Gasteiger partial charge in [-0.2, -0.15) is 0 Å². The van der Waals surface area contributed by atoms with Crippen LogP contribution in [0.2, 0.25) is 0 Å². The van der Waals surface area contributed by atoms with Crippen molar-refractivity contribution in [1.82, 2.24) is 30.1 Å². The Morgan fingerprint density at radius 2 is 2.00 bits per heavy atom. The molecule has 6 rings (SSSR count). The van der Waals surface area contributed by atoms with E-state index in [2.05, 4.69) is 43.5 Å². The van der Waals surface area contributed by atoms with E-state index in [1.165, 1.54) is 23.8 Å². The first-order chi connectivity index (χ1) is 21.4. The molecule has 0 spiro atoms. The molecule has 44 heavy (non-hydrogen) atoms. The van der Waals surface area contributed by atoms with Crippen molar-refractivity contribution < 1.29 is 23.8 Å². The molecule has 12 heteroatoms. The predicted octanol–water partition coefficient (Wildman–Crippen LogP) is 2.70. The van der Waals surface area contributed by atoms with Gasteiger partial charge in [0.15, 0.2) is 12.2 Å². The summed E-state index contributed by atoms with van der Waals surface area (Å²) in [7, 11) is 0. The lowest BCUT2D eigenvalue weighted by atomic mass is 9.84. The summed E-state index contributed by atoms with van der Waals surface area (Å²) in [5.74, 6) is 2.28. The van der Waals surface area contributed by atoms with Crippen molar-refractivity contribution in [2.45, 2.75) is 70.7 Å². The summed E-state index contributed by atoms with van der Waals surface area (Å²) in [6.07, 6.45) is 9.44. The highest BCUT2D eigenvalue weighted by atomic mass is 16.5. The van der Waals surface area contributed by atoms with E-state index in [0.29, 0.717) is 30.6 Å². The summed E-state index contributed by atoms with van der Waals surface area (Å²) in [5.41, 5.74) is 3.86. The topological polar surface area (TPSA) is 146 Å². The standard InChI is InChI=1S/C32H41N7O5/c1-21-27-9-10-38(16-23(27)5-6-29(21)43-18-26-15-33-20-44-26)17-25(40)14-34-31(41)28-13-30(36-19-35-28)37-24-7-11-39(12-8-24)32(42)22-3-2-4-22/h5-6,13,15,19-20,22,24-25,40H,2-4,7-12,14,16-18H2,1H3,(H,34,41)(H,35,36,37)/t25-/m0/s1. The number of piperidine rings is 1. The number of benzene rings is 1. The Balaban J connectivity index is 0.938. The molecule has 234 valence electrons. The normalized spacial score (nSPS) is 18.3. The van der Waals surface area contributed by atoms with Crippen molar-refractivity contribution in [1.29, 1.82) is 0 Å². The molecule has 0 bridgehead atoms. The first-order valence-corrected chi connectivity index (χ1v) is 15.6. The Morgan fingerprint density at radius 1 is 1.16 bits per heavy atom. The minimum absolute atomic E-state index is 0.121. The van der Waals surface area contributed by atoms with Crippen LogP contribution >= 0.6 is 0 Å². The molecule has 2 aromatic heterocycles. The molecule has 4 heterocycles. The molecule has 3 aromatic rings. The van der Waals surface area contributed by atoms with Gasteiger partial charge in [0.1, 0.15) is 30.2 Å². The van der Waals surface area contributed by atoms with Crippen molar-refractivity contribution in [3.05, 3.63) is 65.3 Å². The first kappa shape index (κ1) is 30.0. The van der Waals surface area contributed by atoms with Crippen LogP contribution in [0.5, 0.6) is 5.75 Å². The van der Waals surface area contributed by atoms with Crippen molar-refractivity contribution in [3.8, 4) is 5.75 Å². The van der Waals surface area contributed by atoms with E-state index in [-0.39, 0.29) is 30.1 Å². The van der Waals surface area contributed by atoms with Gasteiger partial charge in [-0.3, -0.25) is 14.5 Å². The Labute approximate surface area is 257 Å². The number of aliphatic hydroxyl groups excluding tert-OH is 1. The molecule has 3 aliphatic rings. The second kappa shape index (κ2) is 13.7. The quantitative estimate of drug-likeness (QED) is 0.299. The monoisotopic (exact) mass is 603 g/mol. The van der Waals surface area contributed by atoms with Crippen LogP contribution in [-0.4, -0.2) is 86.5 Å². The fourth-order valence-electron chi connectivity index (χ4n) is 6.24. The Kier molecular flexibility index (Phi) is 9.37. The second-order valence-corrected chi connectivity index (χ2v) is 12.1. The highest BCUT2D eigenvalue weighted by Crippen LogP contribution is 2.31. The van der Waals surface area contributed by atoms with Gasteiger partial charge in [0.2, 0.25) is 5.91 Å². The Morgan fingerprint density at radius 3 is 2.75 bits per heavy atom. The molecule has 0 radical (unpaired) electrons. The second-order valence-electron chi connectivity index (χ2n) is 12.1. The number of likely N-dealkylation sites (tertiary alicyclic amines) is 1. The molecule has 2 amide bonds. The number of oxazole rings is 1. The smallest absolute Gasteiger partial charge is 0.270 e. The van der Waals surface area contributed by atoms with Crippen LogP contribution in [0.3, 0.4) is 0 Å². The maximum absolute atomic E-state index is 12.8. The summed E-state index contributed by atoms with van der Waals surface area (Å²) in [5, 5.41) is 16.9. The molecule has 1 aromatic carbocycles. The molecular weight excluding hydrogens is 562 g/mol. The summed E-state index contributed by atoms with van der Waals surface area (Å²) in [4.78, 5) is 41.9. The molecule has 1 atom stereocenters. The van der Waals surface area contributed by atoms with Crippen LogP contribution in [0.25, 0.3) is 0 Å². The minimum Gasteiger partial charge on any atom is -0.485 e. The predicted molar refractivity (Wildman–Crippen MR) is 162 cm³/mol. The zero-order chi connectivity index (χ0) is 30.5. The zero-order valence-electron chi connectivity index (χ0n) is 25.2. The van der Waals surface area contributed by atoms with Crippen LogP contribution in [0.1, 0.15) is 65.0 Å². The van der Waals surface area contributed by atoms with Gasteiger partial charge in [0.25, 0.3) is 5.91 Å². The summed E-state index contributed by atoms with van der Waals surface area (Å²) in [6.45, 7) is 5.98. The number of hydrogen-bond acceptors (Lipinski definition) is 10. The van der Waals surface area contributed by atoms with E-state index in [1.807, 2.05) is 11.0 Å². The lowest BCUT2D eigenvalue weighted by Crippen LogP contribution is -2.46. The van der Waals surface area contributed by atoms with Gasteiger partial charge in [-0.05, 0) is 61.8 Å². The maximum atomic E-state index is 12.8. The first-order valence-electron chi connectivity index (χ1n) is 15.6. The number of rotatable bonds is 11. The van der Waals surface area contributed by atoms with Crippen LogP contribution in [0.4, 0.5) is 5.82 Å². The molecule has 12 nitrogen and oxygen atoms in total. The largest absolute Gasteiger partial charge is 0.485 e. The van der Waals surface area contributed by atoms with Gasteiger partial charge in [0, 0.05) is 57.3 Å². The number of ether oxygens (including phenoxy) is 1. The van der Waals surface area contributed by atoms with E-state index in [9.17, 15) is 14.7 Å². The number of carbonyl (C=O) groups excluding carboxylic acids is 2. The number of amides is 2. The minimum atomic E-state index is -0.724. The number of aromatic nitrogens is 3. The summed E-state index contributed by atoms with van der Waals surface area (Å²) in [6, 6.07) is 5.89. The van der Waals surface area contributed by atoms with Gasteiger partial charge in [-0.25, -0.2) is 15.0 Å². The summed E-state index contributed by atoms with van der Waals surface area (Å²) < 4.78 is 11.2. The average Bonchev–Trinajstić information content (AvgIpc) is 3.53. The number of carbonyl (C=O) groups is 2. The SMILES string of the molecule is Cc1c(OCc2cnco2)ccc2c1CCN(C[C@@H](O)CNC(=O)c1cc(NC3CCN(C(=O)C4CCC4)CC3)ncn1)C2. The lowest BCUT2D eigenvalue weighted by Gasteiger charge is -2.36. The zero-order valence-corrected chi connectivity index (χ0v) is 25.2. The van der Waals surface area contributed by atoms with Crippen molar-refractivity contribution >= 4 is 17.6 Å². The van der Waals surface area contributed by atoms with Crippen LogP contribution in [0.15, 0.2) is 41.5 Å². The fourth-order valence-corrected chi connectivity index (χ4v) is 6.24. The van der Waals surface area contributed by atoms with Gasteiger partial charge >= 0.3 is 0 Å². The lowest BCUT2D eigenvalue weighted by molar-refractivity contribution is -0.139. The van der Waals surface area contributed by atoms with Crippen molar-refractivity contribution in [3.63, 3.8) is 0 Å². The number of nitrogens with zero attached hydrogens (tertiary/aromatic N) is 5. The number of fused-ring (bicyclic) bond motifs is 1. The van der Waals surface area contributed by atoms with E-state index >= 15 is 0 Å². The number of aliphatic hydroxyl groups is 1. The molecule has 2 fully saturated rings. The highest BCUT2D eigenvalue weighted by Gasteiger charge is 2.31. The molecule has 0 unspecified atom stereocenters. The van der Waals surface area contributed by atoms with Crippen LogP contribution < -0.4 is 15.4 Å². The van der Waals surface area contributed by atoms with Crippen molar-refractivity contribution in [2.75, 3.05) is 38.0 Å². The van der Waals surface area contributed by atoms with E-state index in [1.54, 1.807) is 12.3 Å². The third kappa shape index (κ3) is 7.19. The molecular formula is C32H41N7O5. The van der Waals surface area contributed by atoms with Gasteiger partial charge in [-0.15, -0.1) is 0 Å². The van der Waals surface area contributed by atoms with Gasteiger partial charge in [-0.1, -0.05) is 12.5 Å². The molecule has 2 aliphatic heterocycles. The molecule has 1 saturated carbocycles. The van der Waals surface area contributed by atoms with E-state index < -0.39 is 6.10 Å².